The molecule has 0 saturated carbocycles. The van der Waals surface area contributed by atoms with E-state index in [2.05, 4.69) is 9.97 Å². The van der Waals surface area contributed by atoms with Gasteiger partial charge in [-0.15, -0.1) is 0 Å². The van der Waals surface area contributed by atoms with Crippen molar-refractivity contribution < 1.29 is 4.79 Å². The lowest BCUT2D eigenvalue weighted by Gasteiger charge is -2.01. The molecule has 1 heterocycles. The molecule has 3 nitrogen and oxygen atoms in total. The monoisotopic (exact) mass is 202 g/mol. The number of para-hydroxylation sites is 1. The number of hydrogen-bond donors (Lipinski definition) is 1. The van der Waals surface area contributed by atoms with E-state index in [9.17, 15) is 4.79 Å². The van der Waals surface area contributed by atoms with Gasteiger partial charge < -0.3 is 4.98 Å². The van der Waals surface area contributed by atoms with E-state index in [-0.39, 0.29) is 11.7 Å². The van der Waals surface area contributed by atoms with Crippen molar-refractivity contribution in [2.24, 2.45) is 0 Å². The number of nitrogens with one attached hydrogen (secondary N) is 1. The van der Waals surface area contributed by atoms with Crippen LogP contribution >= 0.6 is 0 Å². The normalized spacial score (nSPS) is 13.0. The van der Waals surface area contributed by atoms with Gasteiger partial charge in [-0.1, -0.05) is 12.1 Å². The summed E-state index contributed by atoms with van der Waals surface area (Å²) in [5.74, 6) is 0.732. The van der Waals surface area contributed by atoms with Gasteiger partial charge in [0.25, 0.3) is 0 Å². The molecule has 1 aromatic heterocycles. The summed E-state index contributed by atoms with van der Waals surface area (Å²) in [5, 5.41) is 0. The first-order valence-corrected chi connectivity index (χ1v) is 5.05. The summed E-state index contributed by atoms with van der Waals surface area (Å²) in [6.45, 7) is 5.48. The van der Waals surface area contributed by atoms with Crippen molar-refractivity contribution in [2.75, 3.05) is 0 Å². The lowest BCUT2D eigenvalue weighted by molar-refractivity contribution is -0.118. The number of H-pyrrole nitrogens is 1. The quantitative estimate of drug-likeness (QED) is 0.813. The zero-order valence-electron chi connectivity index (χ0n) is 9.16. The summed E-state index contributed by atoms with van der Waals surface area (Å²) < 4.78 is 0. The van der Waals surface area contributed by atoms with E-state index >= 15 is 0 Å². The van der Waals surface area contributed by atoms with Gasteiger partial charge in [-0.2, -0.15) is 0 Å². The Morgan fingerprint density at radius 1 is 1.47 bits per heavy atom. The molecule has 0 bridgehead atoms. The molecule has 0 saturated heterocycles. The molecule has 1 unspecified atom stereocenters. The standard InChI is InChI=1S/C12H14N2O/c1-7-5-4-6-10-11(7)14-12(13-10)8(2)9(3)15/h4-6,8H,1-3H3,(H,13,14). The summed E-state index contributed by atoms with van der Waals surface area (Å²) in [7, 11) is 0. The van der Waals surface area contributed by atoms with Crippen molar-refractivity contribution in [3.63, 3.8) is 0 Å². The maximum absolute atomic E-state index is 11.2. The SMILES string of the molecule is CC(=O)C(C)c1nc2c(C)cccc2[nH]1. The molecule has 0 amide bonds. The van der Waals surface area contributed by atoms with E-state index in [4.69, 9.17) is 0 Å². The predicted octanol–water partition coefficient (Wildman–Crippen LogP) is 2.56. The average Bonchev–Trinajstić information content (AvgIpc) is 2.61. The van der Waals surface area contributed by atoms with Crippen LogP contribution in [0.5, 0.6) is 0 Å². The van der Waals surface area contributed by atoms with Gasteiger partial charge >= 0.3 is 0 Å². The van der Waals surface area contributed by atoms with Crippen LogP contribution in [-0.2, 0) is 4.79 Å². The van der Waals surface area contributed by atoms with Crippen molar-refractivity contribution in [1.29, 1.82) is 0 Å². The fourth-order valence-corrected chi connectivity index (χ4v) is 1.59. The molecule has 2 aromatic rings. The third-order valence-corrected chi connectivity index (χ3v) is 2.75. The molecule has 0 aliphatic rings. The minimum Gasteiger partial charge on any atom is -0.341 e. The molecular weight excluding hydrogens is 188 g/mol. The molecule has 1 N–H and O–H groups in total. The third-order valence-electron chi connectivity index (χ3n) is 2.75. The van der Waals surface area contributed by atoms with E-state index in [1.54, 1.807) is 6.92 Å². The first-order chi connectivity index (χ1) is 7.09. The smallest absolute Gasteiger partial charge is 0.140 e. The Bertz CT molecular complexity index is 513. The summed E-state index contributed by atoms with van der Waals surface area (Å²) >= 11 is 0. The molecule has 78 valence electrons. The highest BCUT2D eigenvalue weighted by Crippen LogP contribution is 2.20. The van der Waals surface area contributed by atoms with E-state index in [1.807, 2.05) is 32.0 Å². The molecule has 0 aliphatic carbocycles. The summed E-state index contributed by atoms with van der Waals surface area (Å²) in [6.07, 6.45) is 0. The second-order valence-corrected chi connectivity index (χ2v) is 3.93. The van der Waals surface area contributed by atoms with Crippen LogP contribution in [0.4, 0.5) is 0 Å². The minimum absolute atomic E-state index is 0.131. The van der Waals surface area contributed by atoms with Crippen molar-refractivity contribution in [3.8, 4) is 0 Å². The van der Waals surface area contributed by atoms with Gasteiger partial charge in [0, 0.05) is 0 Å². The maximum Gasteiger partial charge on any atom is 0.140 e. The Morgan fingerprint density at radius 3 is 2.80 bits per heavy atom. The molecule has 2 rings (SSSR count). The molecule has 0 radical (unpaired) electrons. The van der Waals surface area contributed by atoms with Crippen LogP contribution in [0.2, 0.25) is 0 Å². The highest BCUT2D eigenvalue weighted by atomic mass is 16.1. The van der Waals surface area contributed by atoms with E-state index in [1.165, 1.54) is 0 Å². The number of rotatable bonds is 2. The van der Waals surface area contributed by atoms with Crippen LogP contribution in [0.15, 0.2) is 18.2 Å². The fourth-order valence-electron chi connectivity index (χ4n) is 1.59. The van der Waals surface area contributed by atoms with Crippen molar-refractivity contribution in [3.05, 3.63) is 29.6 Å². The number of aromatic amines is 1. The topological polar surface area (TPSA) is 45.8 Å². The van der Waals surface area contributed by atoms with Crippen LogP contribution < -0.4 is 0 Å². The molecule has 0 spiro atoms. The second kappa shape index (κ2) is 3.50. The van der Waals surface area contributed by atoms with Crippen molar-refractivity contribution in [1.82, 2.24) is 9.97 Å². The average molecular weight is 202 g/mol. The van der Waals surface area contributed by atoms with Crippen molar-refractivity contribution >= 4 is 16.8 Å². The number of carbonyl (C=O) groups is 1. The molecular formula is C12H14N2O. The molecule has 0 aliphatic heterocycles. The largest absolute Gasteiger partial charge is 0.341 e. The van der Waals surface area contributed by atoms with Crippen LogP contribution in [0.3, 0.4) is 0 Å². The molecule has 3 heteroatoms. The van der Waals surface area contributed by atoms with E-state index in [0.29, 0.717) is 0 Å². The number of nitrogens with zero attached hydrogens (tertiary/aromatic N) is 1. The number of fused-ring (bicyclic) bond motifs is 1. The van der Waals surface area contributed by atoms with Crippen LogP contribution in [0.25, 0.3) is 11.0 Å². The zero-order valence-corrected chi connectivity index (χ0v) is 9.16. The van der Waals surface area contributed by atoms with Gasteiger partial charge in [0.2, 0.25) is 0 Å². The zero-order chi connectivity index (χ0) is 11.0. The number of aromatic nitrogens is 2. The summed E-state index contributed by atoms with van der Waals surface area (Å²) in [6, 6.07) is 5.98. The number of imidazole rings is 1. The lowest BCUT2D eigenvalue weighted by atomic mass is 10.1. The third kappa shape index (κ3) is 1.65. The summed E-state index contributed by atoms with van der Waals surface area (Å²) in [4.78, 5) is 18.9. The van der Waals surface area contributed by atoms with Gasteiger partial charge in [0.05, 0.1) is 17.0 Å². The maximum atomic E-state index is 11.2. The highest BCUT2D eigenvalue weighted by molar-refractivity contribution is 5.84. The number of benzene rings is 1. The highest BCUT2D eigenvalue weighted by Gasteiger charge is 2.15. The van der Waals surface area contributed by atoms with Gasteiger partial charge in [-0.05, 0) is 32.4 Å². The van der Waals surface area contributed by atoms with Gasteiger partial charge in [0.15, 0.2) is 0 Å². The Balaban J connectivity index is 2.56. The molecule has 0 fully saturated rings. The Morgan fingerprint density at radius 2 is 2.20 bits per heavy atom. The Kier molecular flexibility index (Phi) is 2.31. The van der Waals surface area contributed by atoms with Crippen LogP contribution in [0.1, 0.15) is 31.2 Å². The Hall–Kier alpha value is -1.64. The van der Waals surface area contributed by atoms with E-state index in [0.717, 1.165) is 22.4 Å². The second-order valence-electron chi connectivity index (χ2n) is 3.93. The number of aryl methyl sites for hydroxylation is 1. The Labute approximate surface area is 88.5 Å². The number of carbonyl (C=O) groups excluding carboxylic acids is 1. The predicted molar refractivity (Wildman–Crippen MR) is 59.9 cm³/mol. The number of hydrogen-bond acceptors (Lipinski definition) is 2. The van der Waals surface area contributed by atoms with Gasteiger partial charge in [-0.3, -0.25) is 4.79 Å². The number of Topliss-reactive ketones (excluding diaryl/α,β-unsaturated/α-hetero) is 1. The number of ketones is 1. The van der Waals surface area contributed by atoms with E-state index < -0.39 is 0 Å². The van der Waals surface area contributed by atoms with Gasteiger partial charge in [-0.25, -0.2) is 4.98 Å². The molecule has 1 aromatic carbocycles. The van der Waals surface area contributed by atoms with Crippen LogP contribution in [0, 0.1) is 6.92 Å². The molecule has 15 heavy (non-hydrogen) atoms. The van der Waals surface area contributed by atoms with Gasteiger partial charge in [0.1, 0.15) is 11.6 Å². The fraction of sp³-hybridized carbons (Fsp3) is 0.333. The van der Waals surface area contributed by atoms with Crippen LogP contribution in [-0.4, -0.2) is 15.8 Å². The first kappa shape index (κ1) is 9.90. The summed E-state index contributed by atoms with van der Waals surface area (Å²) in [5.41, 5.74) is 3.09. The lowest BCUT2D eigenvalue weighted by Crippen LogP contribution is -2.05. The minimum atomic E-state index is -0.156. The van der Waals surface area contributed by atoms with Crippen molar-refractivity contribution in [2.45, 2.75) is 26.7 Å². The first-order valence-electron chi connectivity index (χ1n) is 5.05. The molecule has 1 atom stereocenters.